The van der Waals surface area contributed by atoms with Crippen molar-refractivity contribution >= 4 is 38.1 Å². The van der Waals surface area contributed by atoms with Crippen LogP contribution in [0.3, 0.4) is 0 Å². The van der Waals surface area contributed by atoms with Crippen LogP contribution in [-0.2, 0) is 13.0 Å². The maximum absolute atomic E-state index is 6.27. The van der Waals surface area contributed by atoms with E-state index in [1.165, 1.54) is 39.8 Å². The minimum atomic E-state index is 0.212. The highest BCUT2D eigenvalue weighted by Gasteiger charge is 2.11. The number of rotatable bonds is 9. The van der Waals surface area contributed by atoms with Crippen LogP contribution in [0.5, 0.6) is 0 Å². The Kier molecular flexibility index (Phi) is 6.91. The Morgan fingerprint density at radius 1 is 1.07 bits per heavy atom. The lowest BCUT2D eigenvalue weighted by Crippen LogP contribution is -2.36. The fraction of sp³-hybridized carbons (Fsp3) is 0.522. The van der Waals surface area contributed by atoms with E-state index in [0.29, 0.717) is 5.82 Å². The number of aryl methyl sites for hydroxylation is 1. The SMILES string of the molecule is CCNCc1cc2c(N)nc3cc(CCCCCNC(C)(C)C)ccc3c2s1. The Labute approximate surface area is 172 Å². The third-order valence-corrected chi connectivity index (χ3v) is 6.12. The van der Waals surface area contributed by atoms with Crippen molar-refractivity contribution in [3.8, 4) is 0 Å². The normalized spacial score (nSPS) is 12.3. The van der Waals surface area contributed by atoms with Gasteiger partial charge in [-0.2, -0.15) is 0 Å². The maximum atomic E-state index is 6.27. The van der Waals surface area contributed by atoms with E-state index in [1.54, 1.807) is 0 Å². The molecule has 4 nitrogen and oxygen atoms in total. The van der Waals surface area contributed by atoms with Crippen molar-refractivity contribution in [2.45, 2.75) is 65.5 Å². The first kappa shape index (κ1) is 21.0. The fourth-order valence-electron chi connectivity index (χ4n) is 3.47. The van der Waals surface area contributed by atoms with E-state index in [4.69, 9.17) is 10.7 Å². The molecule has 0 radical (unpaired) electrons. The number of benzene rings is 1. The van der Waals surface area contributed by atoms with Crippen LogP contribution in [0, 0.1) is 0 Å². The van der Waals surface area contributed by atoms with Crippen LogP contribution in [-0.4, -0.2) is 23.6 Å². The topological polar surface area (TPSA) is 63.0 Å². The molecule has 0 unspecified atom stereocenters. The molecule has 3 rings (SSSR count). The Balaban J connectivity index is 1.67. The summed E-state index contributed by atoms with van der Waals surface area (Å²) in [7, 11) is 0. The van der Waals surface area contributed by atoms with Gasteiger partial charge in [0, 0.05) is 32.4 Å². The second kappa shape index (κ2) is 9.21. The summed E-state index contributed by atoms with van der Waals surface area (Å²) in [5.41, 5.74) is 8.86. The average Bonchev–Trinajstić information content (AvgIpc) is 3.07. The molecule has 0 saturated heterocycles. The summed E-state index contributed by atoms with van der Waals surface area (Å²) < 4.78 is 1.26. The van der Waals surface area contributed by atoms with Gasteiger partial charge in [-0.15, -0.1) is 11.3 Å². The van der Waals surface area contributed by atoms with Crippen LogP contribution in [0.15, 0.2) is 24.3 Å². The molecular weight excluding hydrogens is 364 g/mol. The smallest absolute Gasteiger partial charge is 0.132 e. The summed E-state index contributed by atoms with van der Waals surface area (Å²) >= 11 is 1.83. The molecule has 0 aliphatic carbocycles. The molecular formula is C23H34N4S. The van der Waals surface area contributed by atoms with Crippen molar-refractivity contribution in [2.24, 2.45) is 0 Å². The van der Waals surface area contributed by atoms with Crippen molar-refractivity contribution in [1.82, 2.24) is 15.6 Å². The lowest BCUT2D eigenvalue weighted by Gasteiger charge is -2.20. The zero-order valence-electron chi connectivity index (χ0n) is 17.7. The summed E-state index contributed by atoms with van der Waals surface area (Å²) in [5, 5.41) is 9.25. The van der Waals surface area contributed by atoms with Gasteiger partial charge in [0.2, 0.25) is 0 Å². The van der Waals surface area contributed by atoms with Crippen molar-refractivity contribution in [1.29, 1.82) is 0 Å². The number of hydrogen-bond acceptors (Lipinski definition) is 5. The number of fused-ring (bicyclic) bond motifs is 3. The number of anilines is 1. The third kappa shape index (κ3) is 5.43. The van der Waals surface area contributed by atoms with Crippen LogP contribution in [0.1, 0.15) is 57.4 Å². The van der Waals surface area contributed by atoms with Gasteiger partial charge in [0.25, 0.3) is 0 Å². The molecule has 28 heavy (non-hydrogen) atoms. The summed E-state index contributed by atoms with van der Waals surface area (Å²) in [4.78, 5) is 6.01. The molecule has 0 amide bonds. The van der Waals surface area contributed by atoms with E-state index in [-0.39, 0.29) is 5.54 Å². The standard InChI is InChI=1S/C23H34N4S/c1-5-25-15-17-14-19-21(28-17)18-11-10-16(13-20(18)27-22(19)24)9-7-6-8-12-26-23(2,3)4/h10-11,13-14,25-26H,5-9,12,15H2,1-4H3,(H2,24,27). The summed E-state index contributed by atoms with van der Waals surface area (Å²) in [6.07, 6.45) is 4.77. The van der Waals surface area contributed by atoms with Gasteiger partial charge in [0.05, 0.1) is 5.52 Å². The number of nitrogen functional groups attached to an aromatic ring is 1. The van der Waals surface area contributed by atoms with Crippen LogP contribution in [0.4, 0.5) is 5.82 Å². The highest BCUT2D eigenvalue weighted by molar-refractivity contribution is 7.20. The number of aromatic nitrogens is 1. The number of thiophene rings is 1. The Bertz CT molecular complexity index is 924. The molecule has 4 N–H and O–H groups in total. The number of nitrogens with one attached hydrogen (secondary N) is 2. The fourth-order valence-corrected chi connectivity index (χ4v) is 4.64. The third-order valence-electron chi connectivity index (χ3n) is 4.95. The Hall–Kier alpha value is -1.69. The lowest BCUT2D eigenvalue weighted by atomic mass is 10.0. The van der Waals surface area contributed by atoms with Gasteiger partial charge in [-0.1, -0.05) is 25.5 Å². The molecule has 0 fully saturated rings. The van der Waals surface area contributed by atoms with Crippen LogP contribution in [0.25, 0.3) is 21.0 Å². The summed E-state index contributed by atoms with van der Waals surface area (Å²) in [5.74, 6) is 0.645. The van der Waals surface area contributed by atoms with E-state index in [2.05, 4.69) is 62.6 Å². The van der Waals surface area contributed by atoms with Crippen molar-refractivity contribution < 1.29 is 0 Å². The minimum Gasteiger partial charge on any atom is -0.383 e. The average molecular weight is 399 g/mol. The summed E-state index contributed by atoms with van der Waals surface area (Å²) in [6.45, 7) is 11.7. The minimum absolute atomic E-state index is 0.212. The molecule has 1 aromatic carbocycles. The monoisotopic (exact) mass is 398 g/mol. The van der Waals surface area contributed by atoms with E-state index in [9.17, 15) is 0 Å². The van der Waals surface area contributed by atoms with Crippen molar-refractivity contribution in [3.05, 3.63) is 34.7 Å². The van der Waals surface area contributed by atoms with Gasteiger partial charge in [-0.25, -0.2) is 4.98 Å². The quantitative estimate of drug-likeness (QED) is 0.431. The summed E-state index contributed by atoms with van der Waals surface area (Å²) in [6, 6.07) is 8.90. The molecule has 0 aliphatic heterocycles. The van der Waals surface area contributed by atoms with Gasteiger partial charge < -0.3 is 16.4 Å². The van der Waals surface area contributed by atoms with Gasteiger partial charge in [0.15, 0.2) is 0 Å². The number of nitrogens with two attached hydrogens (primary N) is 1. The second-order valence-electron chi connectivity index (χ2n) is 8.57. The molecule has 3 aromatic rings. The molecule has 2 aromatic heterocycles. The molecule has 2 heterocycles. The number of nitrogens with zero attached hydrogens (tertiary/aromatic N) is 1. The number of unbranched alkanes of at least 4 members (excludes halogenated alkanes) is 2. The predicted molar refractivity (Wildman–Crippen MR) is 124 cm³/mol. The highest BCUT2D eigenvalue weighted by atomic mass is 32.1. The predicted octanol–water partition coefficient (Wildman–Crippen LogP) is 5.24. The molecule has 5 heteroatoms. The first-order chi connectivity index (χ1) is 13.4. The molecule has 0 bridgehead atoms. The van der Waals surface area contributed by atoms with Gasteiger partial charge >= 0.3 is 0 Å². The van der Waals surface area contributed by atoms with Gasteiger partial charge in [-0.05, 0) is 70.8 Å². The lowest BCUT2D eigenvalue weighted by molar-refractivity contribution is 0.417. The first-order valence-electron chi connectivity index (χ1n) is 10.4. The molecule has 0 atom stereocenters. The zero-order chi connectivity index (χ0) is 20.1. The molecule has 0 spiro atoms. The van der Waals surface area contributed by atoms with Crippen LogP contribution >= 0.6 is 11.3 Å². The largest absolute Gasteiger partial charge is 0.383 e. The second-order valence-corrected chi connectivity index (χ2v) is 9.71. The van der Waals surface area contributed by atoms with Crippen molar-refractivity contribution in [2.75, 3.05) is 18.8 Å². The van der Waals surface area contributed by atoms with Crippen LogP contribution < -0.4 is 16.4 Å². The van der Waals surface area contributed by atoms with Gasteiger partial charge in [0.1, 0.15) is 5.82 Å². The zero-order valence-corrected chi connectivity index (χ0v) is 18.5. The van der Waals surface area contributed by atoms with E-state index in [0.717, 1.165) is 37.0 Å². The molecule has 152 valence electrons. The molecule has 0 saturated carbocycles. The highest BCUT2D eigenvalue weighted by Crippen LogP contribution is 2.35. The van der Waals surface area contributed by atoms with E-state index >= 15 is 0 Å². The first-order valence-corrected chi connectivity index (χ1v) is 11.3. The Morgan fingerprint density at radius 2 is 1.89 bits per heavy atom. The molecule has 0 aliphatic rings. The van der Waals surface area contributed by atoms with Crippen LogP contribution in [0.2, 0.25) is 0 Å². The van der Waals surface area contributed by atoms with E-state index < -0.39 is 0 Å². The number of pyridine rings is 1. The Morgan fingerprint density at radius 3 is 2.64 bits per heavy atom. The van der Waals surface area contributed by atoms with Crippen molar-refractivity contribution in [3.63, 3.8) is 0 Å². The number of hydrogen-bond donors (Lipinski definition) is 3. The maximum Gasteiger partial charge on any atom is 0.132 e. The van der Waals surface area contributed by atoms with Gasteiger partial charge in [-0.3, -0.25) is 0 Å². The van der Waals surface area contributed by atoms with E-state index in [1.807, 2.05) is 11.3 Å².